The third-order valence-electron chi connectivity index (χ3n) is 11.2. The SMILES string of the molecule is C=C(O)CC[C@@H](C)[C@H]1CC[C@H]2C3CCC4C[C@H](OCCOC(C)(C)CCO)CCC4[C@H]3CC[C@]12C. The average Bonchev–Trinajstić information content (AvgIpc) is 3.17. The van der Waals surface area contributed by atoms with Crippen LogP contribution in [-0.2, 0) is 9.47 Å². The summed E-state index contributed by atoms with van der Waals surface area (Å²) in [4.78, 5) is 0. The van der Waals surface area contributed by atoms with Crippen LogP contribution in [0.15, 0.2) is 12.3 Å². The molecule has 4 fully saturated rings. The van der Waals surface area contributed by atoms with Gasteiger partial charge in [0, 0.05) is 13.0 Å². The molecule has 4 rings (SSSR count). The fourth-order valence-corrected chi connectivity index (χ4v) is 9.41. The number of hydrogen-bond acceptors (Lipinski definition) is 4. The van der Waals surface area contributed by atoms with Gasteiger partial charge in [0.05, 0.1) is 30.7 Å². The maximum absolute atomic E-state index is 9.62. The smallest absolute Gasteiger partial charge is 0.0851 e. The minimum absolute atomic E-state index is 0.168. The Hall–Kier alpha value is -0.580. The molecule has 4 aliphatic rings. The highest BCUT2D eigenvalue weighted by molar-refractivity contribution is 5.07. The second-order valence-electron chi connectivity index (χ2n) is 13.6. The molecular formula is C31H54O4. The molecule has 0 aliphatic heterocycles. The zero-order chi connectivity index (χ0) is 25.2. The van der Waals surface area contributed by atoms with Crippen molar-refractivity contribution in [3.05, 3.63) is 12.3 Å². The lowest BCUT2D eigenvalue weighted by atomic mass is 9.49. The van der Waals surface area contributed by atoms with E-state index in [2.05, 4.69) is 20.4 Å². The zero-order valence-electron chi connectivity index (χ0n) is 23.1. The van der Waals surface area contributed by atoms with Crippen molar-refractivity contribution in [2.45, 2.75) is 116 Å². The van der Waals surface area contributed by atoms with E-state index in [1.54, 1.807) is 0 Å². The standard InChI is InChI=1S/C31H54O4/c1-21(6-7-22(2)33)28-12-13-29-27-10-8-23-20-24(34-18-19-35-30(3,4)16-17-32)9-11-25(23)26(27)14-15-31(28,29)5/h21,23-29,32-33H,2,6-20H2,1,3-5H3/t21-,23?,24-,25?,26-,27?,28-,29+,31-/m1/s1. The monoisotopic (exact) mass is 490 g/mol. The molecule has 0 saturated heterocycles. The number of allylic oxidation sites excluding steroid dienone is 1. The lowest BCUT2D eigenvalue weighted by Crippen LogP contribution is -2.49. The summed E-state index contributed by atoms with van der Waals surface area (Å²) < 4.78 is 12.2. The van der Waals surface area contributed by atoms with Crippen LogP contribution in [0.3, 0.4) is 0 Å². The largest absolute Gasteiger partial charge is 0.513 e. The maximum atomic E-state index is 9.62. The number of fused-ring (bicyclic) bond motifs is 5. The van der Waals surface area contributed by atoms with Crippen LogP contribution in [0.2, 0.25) is 0 Å². The molecule has 4 saturated carbocycles. The van der Waals surface area contributed by atoms with Crippen LogP contribution in [0.1, 0.15) is 105 Å². The molecule has 4 nitrogen and oxygen atoms in total. The summed E-state index contributed by atoms with van der Waals surface area (Å²) in [7, 11) is 0. The Morgan fingerprint density at radius 2 is 1.80 bits per heavy atom. The molecule has 202 valence electrons. The van der Waals surface area contributed by atoms with Crippen LogP contribution >= 0.6 is 0 Å². The Morgan fingerprint density at radius 1 is 1.03 bits per heavy atom. The van der Waals surface area contributed by atoms with Gasteiger partial charge in [0.2, 0.25) is 0 Å². The van der Waals surface area contributed by atoms with Gasteiger partial charge in [-0.05, 0) is 131 Å². The molecule has 4 heteroatoms. The normalized spacial score (nSPS) is 40.0. The van der Waals surface area contributed by atoms with E-state index in [1.807, 2.05) is 13.8 Å². The van der Waals surface area contributed by atoms with E-state index in [-0.39, 0.29) is 12.2 Å². The van der Waals surface area contributed by atoms with Crippen LogP contribution < -0.4 is 0 Å². The number of hydrogen-bond donors (Lipinski definition) is 2. The van der Waals surface area contributed by atoms with Crippen LogP contribution in [0.25, 0.3) is 0 Å². The molecule has 3 unspecified atom stereocenters. The first-order valence-electron chi connectivity index (χ1n) is 14.9. The second-order valence-corrected chi connectivity index (χ2v) is 13.6. The first-order valence-corrected chi connectivity index (χ1v) is 14.9. The summed E-state index contributed by atoms with van der Waals surface area (Å²) in [6.07, 6.45) is 15.3. The lowest BCUT2D eigenvalue weighted by molar-refractivity contribution is -0.105. The van der Waals surface area contributed by atoms with E-state index in [4.69, 9.17) is 9.47 Å². The number of aliphatic hydroxyl groups is 2. The highest BCUT2D eigenvalue weighted by Crippen LogP contribution is 2.65. The van der Waals surface area contributed by atoms with Crippen LogP contribution in [0.5, 0.6) is 0 Å². The molecule has 0 spiro atoms. The highest BCUT2D eigenvalue weighted by Gasteiger charge is 2.57. The third-order valence-corrected chi connectivity index (χ3v) is 11.2. The van der Waals surface area contributed by atoms with E-state index >= 15 is 0 Å². The van der Waals surface area contributed by atoms with E-state index < -0.39 is 0 Å². The molecular weight excluding hydrogens is 436 g/mol. The van der Waals surface area contributed by atoms with Gasteiger partial charge in [-0.1, -0.05) is 20.4 Å². The van der Waals surface area contributed by atoms with E-state index in [0.717, 1.165) is 48.3 Å². The van der Waals surface area contributed by atoms with Gasteiger partial charge in [0.1, 0.15) is 0 Å². The van der Waals surface area contributed by atoms with Crippen molar-refractivity contribution in [2.75, 3.05) is 19.8 Å². The number of aliphatic hydroxyl groups excluding tert-OH is 2. The molecule has 9 atom stereocenters. The van der Waals surface area contributed by atoms with Gasteiger partial charge in [-0.25, -0.2) is 0 Å². The summed E-state index contributed by atoms with van der Waals surface area (Å²) in [5.41, 5.74) is 0.239. The predicted octanol–water partition coefficient (Wildman–Crippen LogP) is 7.31. The van der Waals surface area contributed by atoms with Gasteiger partial charge in [0.15, 0.2) is 0 Å². The van der Waals surface area contributed by atoms with Crippen molar-refractivity contribution in [3.63, 3.8) is 0 Å². The molecule has 4 aliphatic carbocycles. The Kier molecular flexibility index (Phi) is 8.97. The van der Waals surface area contributed by atoms with Gasteiger partial charge in [0.25, 0.3) is 0 Å². The summed E-state index contributed by atoms with van der Waals surface area (Å²) >= 11 is 0. The third kappa shape index (κ3) is 6.12. The van der Waals surface area contributed by atoms with Gasteiger partial charge in [-0.2, -0.15) is 0 Å². The number of ether oxygens (including phenoxy) is 2. The van der Waals surface area contributed by atoms with Crippen molar-refractivity contribution < 1.29 is 19.7 Å². The van der Waals surface area contributed by atoms with E-state index in [0.29, 0.717) is 42.8 Å². The van der Waals surface area contributed by atoms with Gasteiger partial charge in [-0.15, -0.1) is 0 Å². The molecule has 0 aromatic rings. The molecule has 0 aromatic carbocycles. The van der Waals surface area contributed by atoms with Crippen molar-refractivity contribution in [3.8, 4) is 0 Å². The molecule has 0 aromatic heterocycles. The summed E-state index contributed by atoms with van der Waals surface area (Å²) in [5, 5.41) is 18.8. The predicted molar refractivity (Wildman–Crippen MR) is 142 cm³/mol. The van der Waals surface area contributed by atoms with E-state index in [1.165, 1.54) is 57.8 Å². The van der Waals surface area contributed by atoms with Crippen molar-refractivity contribution >= 4 is 0 Å². The van der Waals surface area contributed by atoms with Gasteiger partial charge >= 0.3 is 0 Å². The van der Waals surface area contributed by atoms with E-state index in [9.17, 15) is 10.2 Å². The fraction of sp³-hybridized carbons (Fsp3) is 0.935. The Labute approximate surface area is 215 Å². The van der Waals surface area contributed by atoms with Gasteiger partial charge in [-0.3, -0.25) is 0 Å². The van der Waals surface area contributed by atoms with Crippen LogP contribution in [-0.4, -0.2) is 41.7 Å². The summed E-state index contributed by atoms with van der Waals surface area (Å²) in [5.74, 6) is 6.45. The number of rotatable bonds is 11. The lowest BCUT2D eigenvalue weighted by Gasteiger charge is -2.56. The van der Waals surface area contributed by atoms with Gasteiger partial charge < -0.3 is 19.7 Å². The van der Waals surface area contributed by atoms with Crippen molar-refractivity contribution in [2.24, 2.45) is 46.8 Å². The van der Waals surface area contributed by atoms with Crippen LogP contribution in [0.4, 0.5) is 0 Å². The Bertz CT molecular complexity index is 704. The summed E-state index contributed by atoms with van der Waals surface area (Å²) in [6, 6.07) is 0. The topological polar surface area (TPSA) is 58.9 Å². The molecule has 2 N–H and O–H groups in total. The molecule has 0 amide bonds. The Morgan fingerprint density at radius 3 is 2.54 bits per heavy atom. The van der Waals surface area contributed by atoms with Crippen molar-refractivity contribution in [1.82, 2.24) is 0 Å². The first kappa shape index (κ1) is 27.5. The Balaban J connectivity index is 1.27. The van der Waals surface area contributed by atoms with Crippen molar-refractivity contribution in [1.29, 1.82) is 0 Å². The maximum Gasteiger partial charge on any atom is 0.0851 e. The highest BCUT2D eigenvalue weighted by atomic mass is 16.5. The summed E-state index contributed by atoms with van der Waals surface area (Å²) in [6.45, 7) is 14.3. The second kappa shape index (κ2) is 11.4. The average molecular weight is 491 g/mol. The quantitative estimate of drug-likeness (QED) is 0.235. The first-order chi connectivity index (χ1) is 16.6. The molecule has 0 heterocycles. The minimum atomic E-state index is -0.270. The minimum Gasteiger partial charge on any atom is -0.513 e. The molecule has 0 radical (unpaired) electrons. The fourth-order valence-electron chi connectivity index (χ4n) is 9.41. The molecule has 35 heavy (non-hydrogen) atoms. The van der Waals surface area contributed by atoms with Crippen LogP contribution in [0, 0.1) is 46.8 Å². The zero-order valence-corrected chi connectivity index (χ0v) is 23.1. The molecule has 0 bridgehead atoms.